The Labute approximate surface area is 40.9 Å². The summed E-state index contributed by atoms with van der Waals surface area (Å²) < 4.78 is 0. The third kappa shape index (κ3) is 1.01. The number of hydroxylamine groups is 1. The van der Waals surface area contributed by atoms with Crippen LogP contribution in [-0.4, -0.2) is 5.91 Å². The van der Waals surface area contributed by atoms with Crippen LogP contribution in [0.1, 0.15) is 0 Å². The highest BCUT2D eigenvalue weighted by Gasteiger charge is 1.97. The Morgan fingerprint density at radius 3 is 2.86 bits per heavy atom. The van der Waals surface area contributed by atoms with Crippen LogP contribution in [0.5, 0.6) is 0 Å². The Morgan fingerprint density at radius 1 is 1.71 bits per heavy atom. The van der Waals surface area contributed by atoms with Crippen molar-refractivity contribution in [3.63, 3.8) is 0 Å². The first-order valence-electron chi connectivity index (χ1n) is 1.85. The third-order valence-electron chi connectivity index (χ3n) is 0.554. The molecule has 0 bridgehead atoms. The van der Waals surface area contributed by atoms with Crippen LogP contribution in [-0.2, 0) is 9.63 Å². The first kappa shape index (κ1) is 4.33. The van der Waals surface area contributed by atoms with Gasteiger partial charge in [-0.15, -0.1) is 0 Å². The minimum absolute atomic E-state index is 0.220. The maximum atomic E-state index is 10.1. The van der Waals surface area contributed by atoms with E-state index in [0.717, 1.165) is 0 Å². The zero-order chi connectivity index (χ0) is 5.11. The van der Waals surface area contributed by atoms with Gasteiger partial charge in [-0.2, -0.15) is 0 Å². The molecule has 1 heterocycles. The molecule has 0 saturated carbocycles. The molecule has 1 aliphatic rings. The van der Waals surface area contributed by atoms with Crippen molar-refractivity contribution in [3.05, 3.63) is 18.8 Å². The SMILES string of the molecule is O=C1C=C[CH]ON1. The van der Waals surface area contributed by atoms with E-state index in [0.29, 0.717) is 0 Å². The van der Waals surface area contributed by atoms with Crippen LogP contribution in [0.2, 0.25) is 0 Å². The third-order valence-corrected chi connectivity index (χ3v) is 0.554. The number of rotatable bonds is 0. The Morgan fingerprint density at radius 2 is 2.57 bits per heavy atom. The molecule has 0 fully saturated rings. The summed E-state index contributed by atoms with van der Waals surface area (Å²) in [6.45, 7) is 1.39. The molecule has 7 heavy (non-hydrogen) atoms. The number of hydrogen-bond donors (Lipinski definition) is 1. The van der Waals surface area contributed by atoms with Crippen LogP contribution >= 0.6 is 0 Å². The predicted molar refractivity (Wildman–Crippen MR) is 22.7 cm³/mol. The van der Waals surface area contributed by atoms with E-state index in [9.17, 15) is 4.79 Å². The van der Waals surface area contributed by atoms with E-state index < -0.39 is 0 Å². The molecular formula is C4H4NO2. The Balaban J connectivity index is 2.51. The Hall–Kier alpha value is -0.830. The number of carbonyl (C=O) groups is 1. The van der Waals surface area contributed by atoms with Crippen molar-refractivity contribution in [3.8, 4) is 0 Å². The lowest BCUT2D eigenvalue weighted by atomic mass is 10.5. The molecule has 3 nitrogen and oxygen atoms in total. The summed E-state index contributed by atoms with van der Waals surface area (Å²) in [7, 11) is 0. The molecule has 1 amide bonds. The lowest BCUT2D eigenvalue weighted by Gasteiger charge is -2.02. The molecule has 1 rings (SSSR count). The molecule has 1 N–H and O–H groups in total. The summed E-state index contributed by atoms with van der Waals surface area (Å²) in [6.07, 6.45) is 2.91. The van der Waals surface area contributed by atoms with Gasteiger partial charge in [-0.05, 0) is 6.08 Å². The zero-order valence-electron chi connectivity index (χ0n) is 3.55. The second-order valence-corrected chi connectivity index (χ2v) is 1.08. The summed E-state index contributed by atoms with van der Waals surface area (Å²) in [5.74, 6) is -0.220. The van der Waals surface area contributed by atoms with Gasteiger partial charge in [0.25, 0.3) is 5.91 Å². The van der Waals surface area contributed by atoms with Crippen molar-refractivity contribution in [2.24, 2.45) is 0 Å². The molecule has 0 unspecified atom stereocenters. The summed E-state index contributed by atoms with van der Waals surface area (Å²) in [6, 6.07) is 0. The van der Waals surface area contributed by atoms with Crippen molar-refractivity contribution >= 4 is 5.91 Å². The fourth-order valence-corrected chi connectivity index (χ4v) is 0.292. The topological polar surface area (TPSA) is 38.3 Å². The second kappa shape index (κ2) is 1.75. The van der Waals surface area contributed by atoms with E-state index in [-0.39, 0.29) is 5.91 Å². The van der Waals surface area contributed by atoms with Crippen molar-refractivity contribution in [1.29, 1.82) is 0 Å². The van der Waals surface area contributed by atoms with Crippen molar-refractivity contribution in [1.82, 2.24) is 5.48 Å². The van der Waals surface area contributed by atoms with Gasteiger partial charge in [0, 0.05) is 6.08 Å². The molecular weight excluding hydrogens is 94.0 g/mol. The summed E-state index contributed by atoms with van der Waals surface area (Å²) in [5.41, 5.74) is 2.10. The van der Waals surface area contributed by atoms with Gasteiger partial charge >= 0.3 is 0 Å². The van der Waals surface area contributed by atoms with E-state index in [4.69, 9.17) is 0 Å². The smallest absolute Gasteiger partial charge is 0.267 e. The molecule has 0 aliphatic carbocycles. The van der Waals surface area contributed by atoms with Gasteiger partial charge in [0.1, 0.15) is 6.61 Å². The largest absolute Gasteiger partial charge is 0.268 e. The number of hydrogen-bond acceptors (Lipinski definition) is 2. The van der Waals surface area contributed by atoms with Crippen LogP contribution in [0.4, 0.5) is 0 Å². The van der Waals surface area contributed by atoms with Gasteiger partial charge in [-0.25, -0.2) is 5.48 Å². The highest BCUT2D eigenvalue weighted by atomic mass is 16.7. The second-order valence-electron chi connectivity index (χ2n) is 1.08. The summed E-state index contributed by atoms with van der Waals surface area (Å²) >= 11 is 0. The molecule has 0 aromatic heterocycles. The van der Waals surface area contributed by atoms with E-state index in [1.165, 1.54) is 18.8 Å². The fraction of sp³-hybridized carbons (Fsp3) is 0. The lowest BCUT2D eigenvalue weighted by Crippen LogP contribution is -2.22. The average Bonchev–Trinajstić information content (AvgIpc) is 1.69. The van der Waals surface area contributed by atoms with Gasteiger partial charge in [0.15, 0.2) is 0 Å². The fourth-order valence-electron chi connectivity index (χ4n) is 0.292. The molecule has 0 saturated heterocycles. The molecule has 0 aromatic rings. The van der Waals surface area contributed by atoms with Crippen LogP contribution in [0.3, 0.4) is 0 Å². The summed E-state index contributed by atoms with van der Waals surface area (Å²) in [4.78, 5) is 14.5. The number of carbonyl (C=O) groups excluding carboxylic acids is 1. The van der Waals surface area contributed by atoms with Crippen molar-refractivity contribution in [2.45, 2.75) is 0 Å². The standard InChI is InChI=1S/C4H4NO2/c6-4-2-1-3-7-5-4/h1-3H,(H,5,6). The maximum absolute atomic E-state index is 10.1. The van der Waals surface area contributed by atoms with Gasteiger partial charge in [-0.1, -0.05) is 0 Å². The van der Waals surface area contributed by atoms with Gasteiger partial charge in [-0.3, -0.25) is 9.63 Å². The highest BCUT2D eigenvalue weighted by Crippen LogP contribution is 1.87. The van der Waals surface area contributed by atoms with Crippen molar-refractivity contribution in [2.75, 3.05) is 0 Å². The highest BCUT2D eigenvalue weighted by molar-refractivity contribution is 5.87. The first-order chi connectivity index (χ1) is 3.39. The lowest BCUT2D eigenvalue weighted by molar-refractivity contribution is -0.126. The molecule has 1 radical (unpaired) electrons. The Bertz CT molecular complexity index is 108. The van der Waals surface area contributed by atoms with Crippen LogP contribution in [0.25, 0.3) is 0 Å². The summed E-state index contributed by atoms with van der Waals surface area (Å²) in [5, 5.41) is 0. The predicted octanol–water partition coefficient (Wildman–Crippen LogP) is -0.234. The monoisotopic (exact) mass is 98.0 g/mol. The van der Waals surface area contributed by atoms with E-state index in [1.807, 2.05) is 0 Å². The van der Waals surface area contributed by atoms with E-state index >= 15 is 0 Å². The first-order valence-corrected chi connectivity index (χ1v) is 1.85. The minimum atomic E-state index is -0.220. The van der Waals surface area contributed by atoms with Gasteiger partial charge < -0.3 is 0 Å². The average molecular weight is 98.1 g/mol. The molecule has 3 heteroatoms. The van der Waals surface area contributed by atoms with Crippen LogP contribution in [0, 0.1) is 6.61 Å². The van der Waals surface area contributed by atoms with Gasteiger partial charge in [0.2, 0.25) is 0 Å². The Kier molecular flexibility index (Phi) is 1.08. The number of nitrogens with one attached hydrogen (secondary N) is 1. The quantitative estimate of drug-likeness (QED) is 0.454. The molecule has 37 valence electrons. The zero-order valence-corrected chi connectivity index (χ0v) is 3.55. The molecule has 1 aliphatic heterocycles. The number of amides is 1. The minimum Gasteiger partial charge on any atom is -0.268 e. The molecule has 0 atom stereocenters. The normalized spacial score (nSPS) is 19.1. The molecule has 0 aromatic carbocycles. The van der Waals surface area contributed by atoms with Crippen LogP contribution < -0.4 is 5.48 Å². The maximum Gasteiger partial charge on any atom is 0.267 e. The van der Waals surface area contributed by atoms with E-state index in [1.54, 1.807) is 0 Å². The molecule has 0 spiro atoms. The van der Waals surface area contributed by atoms with Crippen LogP contribution in [0.15, 0.2) is 12.2 Å². The van der Waals surface area contributed by atoms with Crippen molar-refractivity contribution < 1.29 is 9.63 Å². The van der Waals surface area contributed by atoms with Gasteiger partial charge in [0.05, 0.1) is 0 Å². The van der Waals surface area contributed by atoms with E-state index in [2.05, 4.69) is 10.3 Å².